The van der Waals surface area contributed by atoms with Crippen LogP contribution in [0.25, 0.3) is 0 Å². The molecule has 0 aliphatic heterocycles. The van der Waals surface area contributed by atoms with Gasteiger partial charge in [0, 0.05) is 6.42 Å². The van der Waals surface area contributed by atoms with Gasteiger partial charge in [-0.1, -0.05) is 34.6 Å². The molecule has 0 saturated heterocycles. The Kier molecular flexibility index (Phi) is 8.91. The number of rotatable bonds is 5. The number of hydrogen-bond acceptors (Lipinski definition) is 3. The fraction of sp³-hybridized carbons (Fsp3) is 0.917. The molecule has 0 bridgehead atoms. The molecule has 0 spiro atoms. The third-order valence-electron chi connectivity index (χ3n) is 1.94. The molecule has 0 aromatic heterocycles. The van der Waals surface area contributed by atoms with E-state index in [2.05, 4.69) is 34.6 Å². The van der Waals surface area contributed by atoms with Gasteiger partial charge in [0.25, 0.3) is 0 Å². The smallest absolute Gasteiger partial charge is 0.792 e. The Bertz CT molecular complexity index is 210. The summed E-state index contributed by atoms with van der Waals surface area (Å²) in [5.74, 6) is 0.269. The van der Waals surface area contributed by atoms with E-state index in [4.69, 9.17) is 17.4 Å². The number of hydrogen-bond donors (Lipinski definition) is 0. The molecule has 0 amide bonds. The SMILES string of the molecule is CC(C)(C)CC(C)(C)COC(=O)CC[S-].[Cu+]. The van der Waals surface area contributed by atoms with Gasteiger partial charge in [-0.15, -0.1) is 0 Å². The molecule has 0 unspecified atom stereocenters. The first-order valence-corrected chi connectivity index (χ1v) is 5.98. The third kappa shape index (κ3) is 10.8. The van der Waals surface area contributed by atoms with Gasteiger partial charge in [0.2, 0.25) is 0 Å². The number of carbonyl (C=O) groups is 1. The first-order chi connectivity index (χ1) is 6.66. The van der Waals surface area contributed by atoms with Crippen molar-refractivity contribution in [3.63, 3.8) is 0 Å². The van der Waals surface area contributed by atoms with Gasteiger partial charge in [0.1, 0.15) is 0 Å². The number of ether oxygens (including phenoxy) is 1. The van der Waals surface area contributed by atoms with Crippen LogP contribution in [0.5, 0.6) is 0 Å². The Balaban J connectivity index is 0. The predicted molar refractivity (Wildman–Crippen MR) is 65.7 cm³/mol. The first kappa shape index (κ1) is 18.7. The molecule has 0 N–H and O–H groups in total. The topological polar surface area (TPSA) is 26.3 Å². The van der Waals surface area contributed by atoms with Gasteiger partial charge in [0.15, 0.2) is 0 Å². The van der Waals surface area contributed by atoms with E-state index in [9.17, 15) is 4.79 Å². The summed E-state index contributed by atoms with van der Waals surface area (Å²) >= 11 is 4.72. The summed E-state index contributed by atoms with van der Waals surface area (Å²) in [4.78, 5) is 11.2. The van der Waals surface area contributed by atoms with E-state index < -0.39 is 0 Å². The minimum absolute atomic E-state index is 0. The van der Waals surface area contributed by atoms with Gasteiger partial charge in [-0.3, -0.25) is 4.79 Å². The molecular weight excluding hydrogens is 272 g/mol. The molecule has 0 atom stereocenters. The summed E-state index contributed by atoms with van der Waals surface area (Å²) in [7, 11) is 0. The average molecular weight is 295 g/mol. The van der Waals surface area contributed by atoms with Crippen LogP contribution in [0.3, 0.4) is 0 Å². The maximum Gasteiger partial charge on any atom is 1.00 e. The van der Waals surface area contributed by atoms with Crippen LogP contribution in [0.1, 0.15) is 47.5 Å². The molecule has 0 aromatic rings. The van der Waals surface area contributed by atoms with E-state index in [1.807, 2.05) is 0 Å². The van der Waals surface area contributed by atoms with Crippen molar-refractivity contribution in [3.8, 4) is 0 Å². The quantitative estimate of drug-likeness (QED) is 0.443. The third-order valence-corrected chi connectivity index (χ3v) is 2.14. The largest absolute Gasteiger partial charge is 1.00 e. The molecule has 0 heterocycles. The van der Waals surface area contributed by atoms with Gasteiger partial charge in [-0.2, -0.15) is 5.75 Å². The Hall–Kier alpha value is 0.339. The van der Waals surface area contributed by atoms with Gasteiger partial charge >= 0.3 is 23.0 Å². The summed E-state index contributed by atoms with van der Waals surface area (Å²) in [6, 6.07) is 0. The maximum atomic E-state index is 11.2. The molecule has 16 heavy (non-hydrogen) atoms. The van der Waals surface area contributed by atoms with Crippen molar-refractivity contribution in [2.45, 2.75) is 47.5 Å². The second-order valence-electron chi connectivity index (χ2n) is 6.02. The summed E-state index contributed by atoms with van der Waals surface area (Å²) in [6.07, 6.45) is 1.38. The van der Waals surface area contributed by atoms with Gasteiger partial charge in [0.05, 0.1) is 6.61 Å². The van der Waals surface area contributed by atoms with Gasteiger partial charge in [-0.25, -0.2) is 0 Å². The van der Waals surface area contributed by atoms with Crippen LogP contribution >= 0.6 is 0 Å². The van der Waals surface area contributed by atoms with Crippen molar-refractivity contribution in [2.24, 2.45) is 10.8 Å². The van der Waals surface area contributed by atoms with E-state index in [0.717, 1.165) is 6.42 Å². The number of carbonyl (C=O) groups excluding carboxylic acids is 1. The Labute approximate surface area is 116 Å². The maximum absolute atomic E-state index is 11.2. The van der Waals surface area contributed by atoms with Crippen molar-refractivity contribution < 1.29 is 26.6 Å². The summed E-state index contributed by atoms with van der Waals surface area (Å²) < 4.78 is 5.19. The Morgan fingerprint density at radius 1 is 1.19 bits per heavy atom. The van der Waals surface area contributed by atoms with Crippen LogP contribution in [0, 0.1) is 10.8 Å². The fourth-order valence-electron chi connectivity index (χ4n) is 1.92. The second-order valence-corrected chi connectivity index (χ2v) is 6.42. The molecule has 100 valence electrons. The van der Waals surface area contributed by atoms with Gasteiger partial charge < -0.3 is 17.4 Å². The fourth-order valence-corrected chi connectivity index (χ4v) is 2.08. The molecule has 0 saturated carbocycles. The molecule has 0 rings (SSSR count). The minimum Gasteiger partial charge on any atom is -0.792 e. The van der Waals surface area contributed by atoms with E-state index in [1.165, 1.54) is 0 Å². The van der Waals surface area contributed by atoms with Crippen molar-refractivity contribution in [1.29, 1.82) is 0 Å². The van der Waals surface area contributed by atoms with E-state index in [1.54, 1.807) is 0 Å². The van der Waals surface area contributed by atoms with E-state index in [-0.39, 0.29) is 33.9 Å². The summed E-state index contributed by atoms with van der Waals surface area (Å²) in [5.41, 5.74) is 0.295. The molecular formula is C12H23CuO2S. The van der Waals surface area contributed by atoms with Crippen LogP contribution in [0.2, 0.25) is 0 Å². The molecule has 4 heteroatoms. The normalized spacial score (nSPS) is 11.9. The van der Waals surface area contributed by atoms with E-state index in [0.29, 0.717) is 18.8 Å². The van der Waals surface area contributed by atoms with Crippen molar-refractivity contribution in [3.05, 3.63) is 0 Å². The molecule has 0 aliphatic rings. The number of esters is 1. The average Bonchev–Trinajstić information content (AvgIpc) is 1.97. The zero-order chi connectivity index (χ0) is 12.1. The van der Waals surface area contributed by atoms with E-state index >= 15 is 0 Å². The molecule has 0 aromatic carbocycles. The predicted octanol–water partition coefficient (Wildman–Crippen LogP) is 2.93. The zero-order valence-corrected chi connectivity index (χ0v) is 12.6. The second kappa shape index (κ2) is 7.62. The van der Waals surface area contributed by atoms with Crippen molar-refractivity contribution in [2.75, 3.05) is 12.4 Å². The Morgan fingerprint density at radius 2 is 1.69 bits per heavy atom. The molecule has 0 radical (unpaired) electrons. The molecule has 0 aliphatic carbocycles. The van der Waals surface area contributed by atoms with Crippen LogP contribution in [-0.4, -0.2) is 18.3 Å². The molecule has 2 nitrogen and oxygen atoms in total. The van der Waals surface area contributed by atoms with Crippen molar-refractivity contribution in [1.82, 2.24) is 0 Å². The monoisotopic (exact) mass is 294 g/mol. The van der Waals surface area contributed by atoms with Crippen molar-refractivity contribution >= 4 is 18.6 Å². The van der Waals surface area contributed by atoms with Gasteiger partial charge in [-0.05, 0) is 17.3 Å². The first-order valence-electron chi connectivity index (χ1n) is 5.40. The van der Waals surface area contributed by atoms with Crippen LogP contribution in [0.4, 0.5) is 0 Å². The molecule has 0 fully saturated rings. The van der Waals surface area contributed by atoms with Crippen LogP contribution in [-0.2, 0) is 39.2 Å². The van der Waals surface area contributed by atoms with Crippen LogP contribution in [0.15, 0.2) is 0 Å². The minimum atomic E-state index is -0.174. The summed E-state index contributed by atoms with van der Waals surface area (Å²) in [6.45, 7) is 11.3. The standard InChI is InChI=1S/C12H24O2S.Cu/c1-11(2,3)8-12(4,5)9-14-10(13)6-7-15;/h15H,6-9H2,1-5H3;/q;+1/p-1. The van der Waals surface area contributed by atoms with Crippen LogP contribution < -0.4 is 0 Å². The Morgan fingerprint density at radius 3 is 2.06 bits per heavy atom. The summed E-state index contributed by atoms with van der Waals surface area (Å²) in [5, 5.41) is 0. The zero-order valence-electron chi connectivity index (χ0n) is 10.9.